The van der Waals surface area contributed by atoms with Crippen molar-refractivity contribution in [3.05, 3.63) is 47.0 Å². The molecular weight excluding hydrogens is 376 g/mol. The second-order valence-electron chi connectivity index (χ2n) is 7.90. The number of amidine groups is 1. The third kappa shape index (κ3) is 4.67. The van der Waals surface area contributed by atoms with Crippen LogP contribution in [0.3, 0.4) is 0 Å². The van der Waals surface area contributed by atoms with Crippen LogP contribution in [0.5, 0.6) is 0 Å². The number of rotatable bonds is 3. The van der Waals surface area contributed by atoms with E-state index in [2.05, 4.69) is 39.1 Å². The van der Waals surface area contributed by atoms with Crippen molar-refractivity contribution in [3.8, 4) is 0 Å². The molecule has 152 valence electrons. The van der Waals surface area contributed by atoms with Gasteiger partial charge in [0.25, 0.3) is 0 Å². The first-order valence-electron chi connectivity index (χ1n) is 9.92. The minimum atomic E-state index is 0.349. The molecule has 0 unspecified atom stereocenters. The molecule has 2 fully saturated rings. The van der Waals surface area contributed by atoms with Crippen LogP contribution < -0.4 is 11.4 Å². The zero-order valence-corrected chi connectivity index (χ0v) is 16.9. The molecule has 4 rings (SSSR count). The summed E-state index contributed by atoms with van der Waals surface area (Å²) in [5.74, 6) is 6.78. The maximum Gasteiger partial charge on any atom is 0.144 e. The van der Waals surface area contributed by atoms with Crippen molar-refractivity contribution >= 4 is 17.4 Å². The van der Waals surface area contributed by atoms with Gasteiger partial charge in [-0.3, -0.25) is 4.90 Å². The smallest absolute Gasteiger partial charge is 0.144 e. The van der Waals surface area contributed by atoms with Gasteiger partial charge >= 0.3 is 0 Å². The Bertz CT molecular complexity index is 716. The normalized spacial score (nSPS) is 25.5. The Morgan fingerprint density at radius 2 is 1.96 bits per heavy atom. The molecule has 7 nitrogen and oxygen atoms in total. The van der Waals surface area contributed by atoms with Gasteiger partial charge in [0, 0.05) is 36.7 Å². The number of nitrogens with two attached hydrogens (primary N) is 1. The summed E-state index contributed by atoms with van der Waals surface area (Å²) in [5.41, 5.74) is 5.25. The van der Waals surface area contributed by atoms with E-state index in [0.29, 0.717) is 25.2 Å². The average molecular weight is 405 g/mol. The quantitative estimate of drug-likeness (QED) is 0.589. The first-order chi connectivity index (χ1) is 13.6. The van der Waals surface area contributed by atoms with Gasteiger partial charge in [0.2, 0.25) is 0 Å². The molecule has 0 spiro atoms. The predicted molar refractivity (Wildman–Crippen MR) is 112 cm³/mol. The van der Waals surface area contributed by atoms with Crippen molar-refractivity contribution < 1.29 is 4.74 Å². The summed E-state index contributed by atoms with van der Waals surface area (Å²) >= 11 is 6.05. The third-order valence-electron chi connectivity index (χ3n) is 5.79. The molecule has 1 aromatic rings. The van der Waals surface area contributed by atoms with Crippen LogP contribution in [-0.2, 0) is 11.2 Å². The molecule has 28 heavy (non-hydrogen) atoms. The van der Waals surface area contributed by atoms with Crippen LogP contribution in [-0.4, -0.2) is 72.2 Å². The number of likely N-dealkylation sites (tertiary alicyclic amines) is 1. The Labute approximate surface area is 171 Å². The summed E-state index contributed by atoms with van der Waals surface area (Å²) in [4.78, 5) is 4.96. The lowest BCUT2D eigenvalue weighted by molar-refractivity contribution is 0.0604. The van der Waals surface area contributed by atoms with Crippen LogP contribution in [0.4, 0.5) is 0 Å². The molecule has 2 saturated heterocycles. The number of hydrazine groups is 2. The molecule has 8 heteroatoms. The lowest BCUT2D eigenvalue weighted by Gasteiger charge is -2.42. The van der Waals surface area contributed by atoms with Gasteiger partial charge in [0.15, 0.2) is 0 Å². The largest absolute Gasteiger partial charge is 0.375 e. The SMILES string of the molecule is C=C1COC[C@H](Cc2ccc(Cl)cc2)N(C2CCN(C3=NNN(N)C3)CC2)C1. The summed E-state index contributed by atoms with van der Waals surface area (Å²) in [6.45, 7) is 9.16. The molecule has 3 N–H and O–H groups in total. The van der Waals surface area contributed by atoms with Crippen molar-refractivity contribution in [1.29, 1.82) is 0 Å². The number of hydrazone groups is 1. The van der Waals surface area contributed by atoms with Crippen molar-refractivity contribution in [2.45, 2.75) is 31.3 Å². The molecule has 3 aliphatic rings. The summed E-state index contributed by atoms with van der Waals surface area (Å²) in [7, 11) is 0. The highest BCUT2D eigenvalue weighted by Crippen LogP contribution is 2.25. The van der Waals surface area contributed by atoms with Gasteiger partial charge in [-0.25, -0.2) is 11.4 Å². The third-order valence-corrected chi connectivity index (χ3v) is 6.05. The summed E-state index contributed by atoms with van der Waals surface area (Å²) in [5, 5.41) is 6.61. The summed E-state index contributed by atoms with van der Waals surface area (Å²) < 4.78 is 5.93. The van der Waals surface area contributed by atoms with E-state index in [4.69, 9.17) is 22.2 Å². The highest BCUT2D eigenvalue weighted by atomic mass is 35.5. The molecule has 3 aliphatic heterocycles. The highest BCUT2D eigenvalue weighted by Gasteiger charge is 2.33. The molecule has 0 amide bonds. The topological polar surface area (TPSA) is 69.4 Å². The number of hydrogen-bond acceptors (Lipinski definition) is 7. The number of halogens is 1. The fraction of sp³-hybridized carbons (Fsp3) is 0.550. The van der Waals surface area contributed by atoms with E-state index >= 15 is 0 Å². The Morgan fingerprint density at radius 1 is 1.21 bits per heavy atom. The minimum Gasteiger partial charge on any atom is -0.375 e. The number of piperidine rings is 1. The molecule has 0 bridgehead atoms. The van der Waals surface area contributed by atoms with Crippen molar-refractivity contribution in [2.75, 3.05) is 39.4 Å². The minimum absolute atomic E-state index is 0.349. The van der Waals surface area contributed by atoms with Crippen molar-refractivity contribution in [2.24, 2.45) is 10.9 Å². The van der Waals surface area contributed by atoms with Crippen molar-refractivity contribution in [3.63, 3.8) is 0 Å². The van der Waals surface area contributed by atoms with E-state index < -0.39 is 0 Å². The van der Waals surface area contributed by atoms with Crippen LogP contribution in [0, 0.1) is 0 Å². The van der Waals surface area contributed by atoms with Crippen LogP contribution >= 0.6 is 11.6 Å². The van der Waals surface area contributed by atoms with Crippen LogP contribution in [0.25, 0.3) is 0 Å². The maximum absolute atomic E-state index is 6.05. The van der Waals surface area contributed by atoms with E-state index in [1.807, 2.05) is 12.1 Å². The van der Waals surface area contributed by atoms with Crippen LogP contribution in [0.1, 0.15) is 18.4 Å². The molecule has 0 saturated carbocycles. The van der Waals surface area contributed by atoms with E-state index in [1.165, 1.54) is 10.7 Å². The molecule has 1 aromatic carbocycles. The number of benzene rings is 1. The lowest BCUT2D eigenvalue weighted by atomic mass is 9.97. The number of ether oxygens (including phenoxy) is 1. The summed E-state index contributed by atoms with van der Waals surface area (Å²) in [6.07, 6.45) is 3.17. The number of nitrogens with zero attached hydrogens (tertiary/aromatic N) is 4. The maximum atomic E-state index is 6.05. The van der Waals surface area contributed by atoms with Gasteiger partial charge in [0.1, 0.15) is 5.84 Å². The zero-order chi connectivity index (χ0) is 19.5. The Morgan fingerprint density at radius 3 is 2.64 bits per heavy atom. The van der Waals surface area contributed by atoms with Crippen molar-refractivity contribution in [1.82, 2.24) is 20.5 Å². The zero-order valence-electron chi connectivity index (χ0n) is 16.2. The molecule has 0 aromatic heterocycles. The van der Waals surface area contributed by atoms with Crippen LogP contribution in [0.15, 0.2) is 41.5 Å². The Hall–Kier alpha value is -1.64. The Kier molecular flexibility index (Phi) is 6.18. The van der Waals surface area contributed by atoms with Crippen LogP contribution in [0.2, 0.25) is 5.02 Å². The fourth-order valence-corrected chi connectivity index (χ4v) is 4.46. The number of nitrogens with one attached hydrogen (secondary N) is 1. The average Bonchev–Trinajstić information content (AvgIpc) is 3.05. The van der Waals surface area contributed by atoms with Gasteiger partial charge in [0.05, 0.1) is 19.8 Å². The molecule has 0 aliphatic carbocycles. The van der Waals surface area contributed by atoms with E-state index in [0.717, 1.165) is 61.9 Å². The van der Waals surface area contributed by atoms with E-state index in [1.54, 1.807) is 0 Å². The van der Waals surface area contributed by atoms with E-state index in [9.17, 15) is 0 Å². The van der Waals surface area contributed by atoms with Gasteiger partial charge < -0.3 is 9.64 Å². The highest BCUT2D eigenvalue weighted by molar-refractivity contribution is 6.30. The van der Waals surface area contributed by atoms with Gasteiger partial charge in [-0.15, -0.1) is 10.2 Å². The molecule has 1 atom stereocenters. The monoisotopic (exact) mass is 404 g/mol. The second-order valence-corrected chi connectivity index (χ2v) is 8.33. The molecular formula is C20H29ClN6O. The van der Waals surface area contributed by atoms with Gasteiger partial charge in [-0.05, 0) is 42.5 Å². The second kappa shape index (κ2) is 8.80. The lowest BCUT2D eigenvalue weighted by Crippen LogP contribution is -2.52. The van der Waals surface area contributed by atoms with Gasteiger partial charge in [-0.2, -0.15) is 0 Å². The summed E-state index contributed by atoms with van der Waals surface area (Å²) in [6, 6.07) is 9.04. The molecule has 0 radical (unpaired) electrons. The van der Waals surface area contributed by atoms with Gasteiger partial charge in [-0.1, -0.05) is 30.3 Å². The first-order valence-corrected chi connectivity index (χ1v) is 10.3. The predicted octanol–water partition coefficient (Wildman–Crippen LogP) is 1.61. The number of hydrogen-bond donors (Lipinski definition) is 2. The fourth-order valence-electron chi connectivity index (χ4n) is 4.34. The Balaban J connectivity index is 1.42. The first kappa shape index (κ1) is 19.7. The van der Waals surface area contributed by atoms with E-state index in [-0.39, 0.29) is 0 Å². The molecule has 3 heterocycles. The standard InChI is InChI=1S/C20H29ClN6O/c1-15-11-26(18-6-8-25(9-7-18)20-12-27(22)24-23-20)19(14-28-13-15)10-16-2-4-17(21)5-3-16/h2-5,18-19,24H,1,6-14,22H2/t19-/m0/s1.